The van der Waals surface area contributed by atoms with Crippen molar-refractivity contribution in [2.24, 2.45) is 0 Å². The van der Waals surface area contributed by atoms with Gasteiger partial charge >= 0.3 is 0 Å². The third kappa shape index (κ3) is 2.35. The lowest BCUT2D eigenvalue weighted by Crippen LogP contribution is -2.01. The first-order valence-electron chi connectivity index (χ1n) is 5.18. The quantitative estimate of drug-likeness (QED) is 0.905. The first-order valence-corrected chi connectivity index (χ1v) is 5.93. The second kappa shape index (κ2) is 4.90. The largest absolute Gasteiger partial charge is 0.383 e. The van der Waals surface area contributed by atoms with Gasteiger partial charge in [0.1, 0.15) is 12.1 Å². The van der Waals surface area contributed by atoms with E-state index in [9.17, 15) is 0 Å². The van der Waals surface area contributed by atoms with E-state index in [0.717, 1.165) is 23.2 Å². The van der Waals surface area contributed by atoms with Gasteiger partial charge in [0.25, 0.3) is 0 Å². The second-order valence-corrected chi connectivity index (χ2v) is 4.41. The number of hydrogen-bond donors (Lipinski definition) is 1. The normalized spacial score (nSPS) is 10.5. The number of benzene rings is 1. The molecule has 0 saturated heterocycles. The zero-order valence-electron chi connectivity index (χ0n) is 9.24. The second-order valence-electron chi connectivity index (χ2n) is 3.56. The van der Waals surface area contributed by atoms with Gasteiger partial charge in [-0.3, -0.25) is 0 Å². The lowest BCUT2D eigenvalue weighted by atomic mass is 10.0. The summed E-state index contributed by atoms with van der Waals surface area (Å²) in [6.45, 7) is 2.00. The zero-order valence-corrected chi connectivity index (χ0v) is 10.8. The fraction of sp³-hybridized carbons (Fsp3) is 0.167. The van der Waals surface area contributed by atoms with Crippen LogP contribution >= 0.6 is 23.2 Å². The Labute approximate surface area is 110 Å². The van der Waals surface area contributed by atoms with Crippen LogP contribution in [0, 0.1) is 0 Å². The molecule has 0 amide bonds. The molecule has 0 fully saturated rings. The molecule has 5 heteroatoms. The van der Waals surface area contributed by atoms with Gasteiger partial charge in [0.15, 0.2) is 0 Å². The van der Waals surface area contributed by atoms with E-state index in [1.54, 1.807) is 18.2 Å². The number of nitrogens with zero attached hydrogens (tertiary/aromatic N) is 2. The highest BCUT2D eigenvalue weighted by molar-refractivity contribution is 6.35. The molecule has 2 rings (SSSR count). The minimum Gasteiger partial charge on any atom is -0.383 e. The molecule has 0 aliphatic heterocycles. The number of nitrogens with two attached hydrogens (primary N) is 1. The van der Waals surface area contributed by atoms with Gasteiger partial charge in [0.2, 0.25) is 0 Å². The van der Waals surface area contributed by atoms with Crippen LogP contribution in [0.2, 0.25) is 10.0 Å². The van der Waals surface area contributed by atoms with E-state index in [4.69, 9.17) is 28.9 Å². The topological polar surface area (TPSA) is 51.8 Å². The Balaban J connectivity index is 2.68. The van der Waals surface area contributed by atoms with Crippen LogP contribution in [0.5, 0.6) is 0 Å². The predicted octanol–water partition coefficient (Wildman–Crippen LogP) is 3.60. The smallest absolute Gasteiger partial charge is 0.130 e. The molecule has 2 N–H and O–H groups in total. The van der Waals surface area contributed by atoms with E-state index in [1.165, 1.54) is 6.33 Å². The van der Waals surface area contributed by atoms with Crippen molar-refractivity contribution in [3.05, 3.63) is 40.1 Å². The summed E-state index contributed by atoms with van der Waals surface area (Å²) in [5.41, 5.74) is 8.24. The van der Waals surface area contributed by atoms with Crippen molar-refractivity contribution in [2.45, 2.75) is 13.3 Å². The molecule has 0 saturated carbocycles. The molecule has 17 heavy (non-hydrogen) atoms. The Kier molecular flexibility index (Phi) is 3.50. The summed E-state index contributed by atoms with van der Waals surface area (Å²) >= 11 is 12.1. The number of nitrogen functional groups attached to an aromatic ring is 1. The van der Waals surface area contributed by atoms with E-state index in [0.29, 0.717) is 15.9 Å². The van der Waals surface area contributed by atoms with Crippen molar-refractivity contribution < 1.29 is 0 Å². The first-order chi connectivity index (χ1) is 8.13. The van der Waals surface area contributed by atoms with Crippen molar-refractivity contribution >= 4 is 29.0 Å². The van der Waals surface area contributed by atoms with E-state index < -0.39 is 0 Å². The molecule has 1 aromatic carbocycles. The number of aromatic nitrogens is 2. The fourth-order valence-electron chi connectivity index (χ4n) is 1.69. The lowest BCUT2D eigenvalue weighted by molar-refractivity contribution is 1.06. The van der Waals surface area contributed by atoms with Gasteiger partial charge in [-0.2, -0.15) is 0 Å². The van der Waals surface area contributed by atoms with Crippen LogP contribution in [-0.4, -0.2) is 9.97 Å². The van der Waals surface area contributed by atoms with Crippen LogP contribution in [-0.2, 0) is 6.42 Å². The highest BCUT2D eigenvalue weighted by atomic mass is 35.5. The fourth-order valence-corrected chi connectivity index (χ4v) is 2.06. The summed E-state index contributed by atoms with van der Waals surface area (Å²) in [7, 11) is 0. The first kappa shape index (κ1) is 12.1. The Bertz CT molecular complexity index is 555. The Morgan fingerprint density at radius 1 is 1.24 bits per heavy atom. The number of anilines is 1. The highest BCUT2D eigenvalue weighted by Crippen LogP contribution is 2.32. The highest BCUT2D eigenvalue weighted by Gasteiger charge is 2.12. The molecule has 0 bridgehead atoms. The maximum atomic E-state index is 6.15. The Hall–Kier alpha value is -1.32. The van der Waals surface area contributed by atoms with E-state index in [1.807, 2.05) is 6.92 Å². The molecule has 3 nitrogen and oxygen atoms in total. The van der Waals surface area contributed by atoms with Crippen LogP contribution < -0.4 is 5.73 Å². The molecular weight excluding hydrogens is 257 g/mol. The summed E-state index contributed by atoms with van der Waals surface area (Å²) < 4.78 is 0. The SMILES string of the molecule is CCc1c(N)ncnc1-c1cc(Cl)ccc1Cl. The maximum Gasteiger partial charge on any atom is 0.130 e. The molecule has 1 aromatic heterocycles. The summed E-state index contributed by atoms with van der Waals surface area (Å²) in [5.74, 6) is 0.480. The molecule has 88 valence electrons. The Morgan fingerprint density at radius 3 is 2.71 bits per heavy atom. The molecule has 0 atom stereocenters. The Morgan fingerprint density at radius 2 is 2.00 bits per heavy atom. The maximum absolute atomic E-state index is 6.15. The van der Waals surface area contributed by atoms with E-state index in [-0.39, 0.29) is 0 Å². The standard InChI is InChI=1S/C12H11Cl2N3/c1-2-8-11(16-6-17-12(8)15)9-5-7(13)3-4-10(9)14/h3-6H,2H2,1H3,(H2,15,16,17). The van der Waals surface area contributed by atoms with Gasteiger partial charge in [-0.15, -0.1) is 0 Å². The van der Waals surface area contributed by atoms with Crippen LogP contribution in [0.4, 0.5) is 5.82 Å². The summed E-state index contributed by atoms with van der Waals surface area (Å²) in [5, 5.41) is 1.21. The van der Waals surface area contributed by atoms with Gasteiger partial charge in [-0.25, -0.2) is 9.97 Å². The number of rotatable bonds is 2. The van der Waals surface area contributed by atoms with E-state index in [2.05, 4.69) is 9.97 Å². The van der Waals surface area contributed by atoms with Crippen LogP contribution in [0.1, 0.15) is 12.5 Å². The molecule has 0 aliphatic rings. The van der Waals surface area contributed by atoms with Crippen LogP contribution in [0.25, 0.3) is 11.3 Å². The van der Waals surface area contributed by atoms with Crippen molar-refractivity contribution in [1.82, 2.24) is 9.97 Å². The van der Waals surface area contributed by atoms with Gasteiger partial charge in [-0.1, -0.05) is 30.1 Å². The minimum atomic E-state index is 0.480. The molecule has 2 aromatic rings. The van der Waals surface area contributed by atoms with Crippen molar-refractivity contribution in [2.75, 3.05) is 5.73 Å². The van der Waals surface area contributed by atoms with Crippen molar-refractivity contribution in [1.29, 1.82) is 0 Å². The minimum absolute atomic E-state index is 0.480. The lowest BCUT2D eigenvalue weighted by Gasteiger charge is -2.10. The van der Waals surface area contributed by atoms with Gasteiger partial charge in [0, 0.05) is 16.1 Å². The molecular formula is C12H11Cl2N3. The van der Waals surface area contributed by atoms with Crippen LogP contribution in [0.15, 0.2) is 24.5 Å². The van der Waals surface area contributed by atoms with Crippen LogP contribution in [0.3, 0.4) is 0 Å². The molecule has 1 heterocycles. The third-order valence-corrected chi connectivity index (χ3v) is 3.08. The molecule has 0 spiro atoms. The summed E-state index contributed by atoms with van der Waals surface area (Å²) in [4.78, 5) is 8.23. The number of hydrogen-bond acceptors (Lipinski definition) is 3. The zero-order chi connectivity index (χ0) is 12.4. The van der Waals surface area contributed by atoms with Gasteiger partial charge in [0.05, 0.1) is 10.7 Å². The average molecular weight is 268 g/mol. The van der Waals surface area contributed by atoms with Crippen molar-refractivity contribution in [3.8, 4) is 11.3 Å². The number of halogens is 2. The third-order valence-electron chi connectivity index (χ3n) is 2.52. The molecule has 0 aliphatic carbocycles. The van der Waals surface area contributed by atoms with Gasteiger partial charge in [-0.05, 0) is 24.6 Å². The van der Waals surface area contributed by atoms with Gasteiger partial charge < -0.3 is 5.73 Å². The molecule has 0 unspecified atom stereocenters. The monoisotopic (exact) mass is 267 g/mol. The molecule has 0 radical (unpaired) electrons. The van der Waals surface area contributed by atoms with E-state index >= 15 is 0 Å². The average Bonchev–Trinajstić information content (AvgIpc) is 2.32. The summed E-state index contributed by atoms with van der Waals surface area (Å²) in [6.07, 6.45) is 2.17. The summed E-state index contributed by atoms with van der Waals surface area (Å²) in [6, 6.07) is 5.27. The van der Waals surface area contributed by atoms with Crippen molar-refractivity contribution in [3.63, 3.8) is 0 Å². The predicted molar refractivity (Wildman–Crippen MR) is 71.3 cm³/mol.